The van der Waals surface area contributed by atoms with Gasteiger partial charge in [-0.05, 0) is 69.6 Å². The topological polar surface area (TPSA) is 12.0 Å². The SMILES string of the molecule is CC(C)(C)NCC1(c2cccc(F)c2)CC2(CC2)C1. The largest absolute Gasteiger partial charge is 0.311 e. The van der Waals surface area contributed by atoms with E-state index in [1.807, 2.05) is 6.07 Å². The summed E-state index contributed by atoms with van der Waals surface area (Å²) in [5.41, 5.74) is 2.08. The van der Waals surface area contributed by atoms with Crippen LogP contribution in [0.3, 0.4) is 0 Å². The van der Waals surface area contributed by atoms with Crippen LogP contribution in [0.2, 0.25) is 0 Å². The molecule has 1 N–H and O–H groups in total. The number of rotatable bonds is 3. The van der Waals surface area contributed by atoms with Gasteiger partial charge in [0.1, 0.15) is 5.82 Å². The molecule has 0 heterocycles. The Hall–Kier alpha value is -0.890. The molecule has 2 aliphatic rings. The normalized spacial score (nSPS) is 23.2. The Balaban J connectivity index is 1.81. The van der Waals surface area contributed by atoms with Crippen LogP contribution < -0.4 is 5.32 Å². The quantitative estimate of drug-likeness (QED) is 0.866. The fourth-order valence-electron chi connectivity index (χ4n) is 3.60. The first-order valence-corrected chi connectivity index (χ1v) is 7.34. The van der Waals surface area contributed by atoms with E-state index in [0.717, 1.165) is 6.54 Å². The number of hydrogen-bond acceptors (Lipinski definition) is 1. The van der Waals surface area contributed by atoms with Crippen LogP contribution in [0.15, 0.2) is 24.3 Å². The maximum atomic E-state index is 13.5. The first kappa shape index (κ1) is 13.1. The van der Waals surface area contributed by atoms with E-state index in [-0.39, 0.29) is 16.8 Å². The molecule has 2 heteroatoms. The molecule has 2 fully saturated rings. The molecule has 0 amide bonds. The maximum absolute atomic E-state index is 13.5. The van der Waals surface area contributed by atoms with E-state index >= 15 is 0 Å². The lowest BCUT2D eigenvalue weighted by Gasteiger charge is -2.50. The third-order valence-corrected chi connectivity index (χ3v) is 4.78. The van der Waals surface area contributed by atoms with Gasteiger partial charge < -0.3 is 5.32 Å². The Morgan fingerprint density at radius 1 is 1.21 bits per heavy atom. The molecule has 19 heavy (non-hydrogen) atoms. The number of nitrogens with one attached hydrogen (secondary N) is 1. The van der Waals surface area contributed by atoms with Gasteiger partial charge in [0.15, 0.2) is 0 Å². The molecule has 2 aliphatic carbocycles. The Kier molecular flexibility index (Phi) is 2.79. The van der Waals surface area contributed by atoms with Crippen molar-refractivity contribution in [1.82, 2.24) is 5.32 Å². The molecule has 2 saturated carbocycles. The molecule has 1 nitrogen and oxygen atoms in total. The fourth-order valence-corrected chi connectivity index (χ4v) is 3.60. The average Bonchev–Trinajstić information content (AvgIpc) is 3.03. The minimum Gasteiger partial charge on any atom is -0.311 e. The summed E-state index contributed by atoms with van der Waals surface area (Å²) in [4.78, 5) is 0. The van der Waals surface area contributed by atoms with Crippen molar-refractivity contribution in [1.29, 1.82) is 0 Å². The lowest BCUT2D eigenvalue weighted by atomic mass is 9.56. The van der Waals surface area contributed by atoms with Crippen molar-refractivity contribution >= 4 is 0 Å². The summed E-state index contributed by atoms with van der Waals surface area (Å²) >= 11 is 0. The van der Waals surface area contributed by atoms with Crippen molar-refractivity contribution in [2.75, 3.05) is 6.54 Å². The summed E-state index contributed by atoms with van der Waals surface area (Å²) in [7, 11) is 0. The van der Waals surface area contributed by atoms with Crippen LogP contribution in [0.5, 0.6) is 0 Å². The average molecular weight is 261 g/mol. The molecular weight excluding hydrogens is 237 g/mol. The summed E-state index contributed by atoms with van der Waals surface area (Å²) in [6, 6.07) is 7.23. The summed E-state index contributed by atoms with van der Waals surface area (Å²) in [6.45, 7) is 7.54. The molecule has 1 spiro atoms. The highest BCUT2D eigenvalue weighted by Gasteiger charge is 2.61. The van der Waals surface area contributed by atoms with Crippen molar-refractivity contribution in [3.63, 3.8) is 0 Å². The Labute approximate surface area is 115 Å². The van der Waals surface area contributed by atoms with Crippen LogP contribution >= 0.6 is 0 Å². The number of benzene rings is 1. The molecule has 104 valence electrons. The van der Waals surface area contributed by atoms with E-state index in [2.05, 4.69) is 32.2 Å². The molecule has 0 aromatic heterocycles. The third kappa shape index (κ3) is 2.55. The van der Waals surface area contributed by atoms with E-state index in [1.165, 1.54) is 31.2 Å². The lowest BCUT2D eigenvalue weighted by molar-refractivity contribution is 0.108. The van der Waals surface area contributed by atoms with E-state index in [9.17, 15) is 4.39 Å². The lowest BCUT2D eigenvalue weighted by Crippen LogP contribution is -2.53. The minimum atomic E-state index is -0.107. The molecule has 0 radical (unpaired) electrons. The summed E-state index contributed by atoms with van der Waals surface area (Å²) in [5.74, 6) is -0.107. The predicted molar refractivity (Wildman–Crippen MR) is 76.7 cm³/mol. The number of hydrogen-bond donors (Lipinski definition) is 1. The monoisotopic (exact) mass is 261 g/mol. The van der Waals surface area contributed by atoms with Gasteiger partial charge in [-0.3, -0.25) is 0 Å². The smallest absolute Gasteiger partial charge is 0.123 e. The summed E-state index contributed by atoms with van der Waals surface area (Å²) in [5, 5.41) is 3.63. The van der Waals surface area contributed by atoms with Crippen molar-refractivity contribution < 1.29 is 4.39 Å². The van der Waals surface area contributed by atoms with Crippen LogP contribution in [0.4, 0.5) is 4.39 Å². The summed E-state index contributed by atoms with van der Waals surface area (Å²) < 4.78 is 13.5. The molecule has 0 aliphatic heterocycles. The molecular formula is C17H24FN. The minimum absolute atomic E-state index is 0.107. The van der Waals surface area contributed by atoms with Crippen LogP contribution in [0.1, 0.15) is 52.0 Å². The van der Waals surface area contributed by atoms with Crippen LogP contribution in [0.25, 0.3) is 0 Å². The second kappa shape index (κ2) is 4.05. The molecule has 0 bridgehead atoms. The van der Waals surface area contributed by atoms with Crippen molar-refractivity contribution in [3.8, 4) is 0 Å². The van der Waals surface area contributed by atoms with Crippen molar-refractivity contribution in [2.45, 2.75) is 57.4 Å². The van der Waals surface area contributed by atoms with Gasteiger partial charge in [-0.2, -0.15) is 0 Å². The van der Waals surface area contributed by atoms with Gasteiger partial charge in [-0.25, -0.2) is 4.39 Å². The molecule has 0 saturated heterocycles. The Bertz CT molecular complexity index is 474. The van der Waals surface area contributed by atoms with E-state index in [0.29, 0.717) is 5.41 Å². The zero-order valence-electron chi connectivity index (χ0n) is 12.2. The zero-order chi connectivity index (χ0) is 13.7. The van der Waals surface area contributed by atoms with Crippen LogP contribution in [-0.2, 0) is 5.41 Å². The third-order valence-electron chi connectivity index (χ3n) is 4.78. The predicted octanol–water partition coefficient (Wildman–Crippen LogP) is 4.03. The maximum Gasteiger partial charge on any atom is 0.123 e. The standard InChI is InChI=1S/C17H24FN/c1-15(2,3)19-12-17(10-16(11-17)7-8-16)13-5-4-6-14(18)9-13/h4-6,9,19H,7-8,10-12H2,1-3H3. The second-order valence-electron chi connectivity index (χ2n) is 7.75. The van der Waals surface area contributed by atoms with Gasteiger partial charge in [0.2, 0.25) is 0 Å². The van der Waals surface area contributed by atoms with Crippen LogP contribution in [-0.4, -0.2) is 12.1 Å². The van der Waals surface area contributed by atoms with Crippen LogP contribution in [0, 0.1) is 11.2 Å². The number of halogens is 1. The van der Waals surface area contributed by atoms with Crippen molar-refractivity contribution in [3.05, 3.63) is 35.6 Å². The van der Waals surface area contributed by atoms with Gasteiger partial charge in [0.25, 0.3) is 0 Å². The second-order valence-corrected chi connectivity index (χ2v) is 7.75. The molecule has 0 atom stereocenters. The van der Waals surface area contributed by atoms with E-state index in [1.54, 1.807) is 12.1 Å². The molecule has 3 rings (SSSR count). The van der Waals surface area contributed by atoms with Gasteiger partial charge >= 0.3 is 0 Å². The van der Waals surface area contributed by atoms with Gasteiger partial charge in [-0.15, -0.1) is 0 Å². The molecule has 1 aromatic rings. The first-order chi connectivity index (χ1) is 8.83. The van der Waals surface area contributed by atoms with Gasteiger partial charge in [-0.1, -0.05) is 12.1 Å². The molecule has 0 unspecified atom stereocenters. The van der Waals surface area contributed by atoms with Crippen molar-refractivity contribution in [2.24, 2.45) is 5.41 Å². The fraction of sp³-hybridized carbons (Fsp3) is 0.647. The Morgan fingerprint density at radius 3 is 2.42 bits per heavy atom. The van der Waals surface area contributed by atoms with E-state index in [4.69, 9.17) is 0 Å². The first-order valence-electron chi connectivity index (χ1n) is 7.34. The highest BCUT2D eigenvalue weighted by atomic mass is 19.1. The summed E-state index contributed by atoms with van der Waals surface area (Å²) in [6.07, 6.45) is 5.21. The Morgan fingerprint density at radius 2 is 1.89 bits per heavy atom. The highest BCUT2D eigenvalue weighted by molar-refractivity contribution is 5.34. The molecule has 1 aromatic carbocycles. The van der Waals surface area contributed by atoms with Gasteiger partial charge in [0.05, 0.1) is 0 Å². The zero-order valence-corrected chi connectivity index (χ0v) is 12.2. The van der Waals surface area contributed by atoms with E-state index < -0.39 is 0 Å². The highest BCUT2D eigenvalue weighted by Crippen LogP contribution is 2.68. The van der Waals surface area contributed by atoms with Gasteiger partial charge in [0, 0.05) is 17.5 Å².